The van der Waals surface area contributed by atoms with E-state index in [-0.39, 0.29) is 0 Å². The summed E-state index contributed by atoms with van der Waals surface area (Å²) in [4.78, 5) is 2.30. The molecule has 1 aliphatic rings. The van der Waals surface area contributed by atoms with E-state index in [1.165, 1.54) is 0 Å². The van der Waals surface area contributed by atoms with Crippen molar-refractivity contribution in [3.05, 3.63) is 28.7 Å². The van der Waals surface area contributed by atoms with Crippen LogP contribution in [-0.4, -0.2) is 46.9 Å². The summed E-state index contributed by atoms with van der Waals surface area (Å²) < 4.78 is 17.9. The molecular formula is C12H16BrNO2S. The van der Waals surface area contributed by atoms with Gasteiger partial charge in [-0.2, -0.15) is 0 Å². The summed E-state index contributed by atoms with van der Waals surface area (Å²) in [7, 11) is -0.594. The van der Waals surface area contributed by atoms with Crippen molar-refractivity contribution >= 4 is 26.7 Å². The molecule has 3 nitrogen and oxygen atoms in total. The van der Waals surface area contributed by atoms with E-state index in [0.717, 1.165) is 41.4 Å². The second-order valence-electron chi connectivity index (χ2n) is 4.00. The van der Waals surface area contributed by atoms with E-state index in [2.05, 4.69) is 20.8 Å². The van der Waals surface area contributed by atoms with Gasteiger partial charge in [-0.05, 0) is 18.2 Å². The van der Waals surface area contributed by atoms with E-state index in [4.69, 9.17) is 4.74 Å². The monoisotopic (exact) mass is 317 g/mol. The van der Waals surface area contributed by atoms with E-state index in [9.17, 15) is 4.21 Å². The van der Waals surface area contributed by atoms with Crippen molar-refractivity contribution in [3.8, 4) is 5.75 Å². The Kier molecular flexibility index (Phi) is 5.00. The molecule has 1 aromatic rings. The minimum Gasteiger partial charge on any atom is -0.492 e. The van der Waals surface area contributed by atoms with Crippen molar-refractivity contribution in [2.45, 2.75) is 0 Å². The first-order chi connectivity index (χ1) is 8.24. The van der Waals surface area contributed by atoms with E-state index in [1.54, 1.807) is 0 Å². The molecule has 17 heavy (non-hydrogen) atoms. The molecule has 1 saturated heterocycles. The van der Waals surface area contributed by atoms with Crippen LogP contribution in [0.1, 0.15) is 0 Å². The molecule has 2 rings (SSSR count). The van der Waals surface area contributed by atoms with Crippen molar-refractivity contribution < 1.29 is 8.95 Å². The number of benzene rings is 1. The van der Waals surface area contributed by atoms with Crippen LogP contribution >= 0.6 is 15.9 Å². The SMILES string of the molecule is O=S1CCN(CCOc2cccc(Br)c2)CC1. The third-order valence-electron chi connectivity index (χ3n) is 2.74. The molecule has 0 unspecified atom stereocenters. The largest absolute Gasteiger partial charge is 0.492 e. The van der Waals surface area contributed by atoms with Crippen LogP contribution in [0.5, 0.6) is 5.75 Å². The van der Waals surface area contributed by atoms with Crippen LogP contribution in [0.3, 0.4) is 0 Å². The van der Waals surface area contributed by atoms with Crippen LogP contribution < -0.4 is 4.74 Å². The van der Waals surface area contributed by atoms with Crippen molar-refractivity contribution in [2.75, 3.05) is 37.7 Å². The number of hydrogen-bond donors (Lipinski definition) is 0. The average Bonchev–Trinajstić information content (AvgIpc) is 2.32. The zero-order valence-corrected chi connectivity index (χ0v) is 12.0. The maximum atomic E-state index is 11.2. The average molecular weight is 318 g/mol. The highest BCUT2D eigenvalue weighted by Gasteiger charge is 2.14. The Labute approximate surface area is 113 Å². The third-order valence-corrected chi connectivity index (χ3v) is 4.51. The van der Waals surface area contributed by atoms with Gasteiger partial charge in [0.1, 0.15) is 12.4 Å². The van der Waals surface area contributed by atoms with Crippen molar-refractivity contribution in [2.24, 2.45) is 0 Å². The summed E-state index contributed by atoms with van der Waals surface area (Å²) in [6.07, 6.45) is 0. The maximum Gasteiger partial charge on any atom is 0.120 e. The van der Waals surface area contributed by atoms with Crippen LogP contribution in [0.15, 0.2) is 28.7 Å². The molecule has 1 heterocycles. The van der Waals surface area contributed by atoms with Crippen LogP contribution in [-0.2, 0) is 10.8 Å². The predicted molar refractivity (Wildman–Crippen MR) is 74.0 cm³/mol. The van der Waals surface area contributed by atoms with Gasteiger partial charge in [-0.25, -0.2) is 0 Å². The summed E-state index contributed by atoms with van der Waals surface area (Å²) >= 11 is 3.41. The Morgan fingerprint density at radius 2 is 2.12 bits per heavy atom. The Morgan fingerprint density at radius 3 is 2.82 bits per heavy atom. The molecule has 0 aromatic heterocycles. The Bertz CT molecular complexity index is 390. The maximum absolute atomic E-state index is 11.2. The fourth-order valence-electron chi connectivity index (χ4n) is 1.75. The highest BCUT2D eigenvalue weighted by molar-refractivity contribution is 9.10. The number of nitrogens with zero attached hydrogens (tertiary/aromatic N) is 1. The van der Waals surface area contributed by atoms with Gasteiger partial charge in [0.15, 0.2) is 0 Å². The number of halogens is 1. The first kappa shape index (κ1) is 13.1. The summed E-state index contributed by atoms with van der Waals surface area (Å²) in [5.74, 6) is 2.49. The van der Waals surface area contributed by atoms with E-state index in [1.807, 2.05) is 24.3 Å². The molecule has 0 radical (unpaired) electrons. The van der Waals surface area contributed by atoms with Gasteiger partial charge in [0.05, 0.1) is 0 Å². The molecule has 0 N–H and O–H groups in total. The summed E-state index contributed by atoms with van der Waals surface area (Å²) in [5.41, 5.74) is 0. The smallest absolute Gasteiger partial charge is 0.120 e. The van der Waals surface area contributed by atoms with Gasteiger partial charge >= 0.3 is 0 Å². The zero-order chi connectivity index (χ0) is 12.1. The van der Waals surface area contributed by atoms with Gasteiger partial charge in [-0.1, -0.05) is 22.0 Å². The minimum absolute atomic E-state index is 0.594. The lowest BCUT2D eigenvalue weighted by atomic mass is 10.3. The summed E-state index contributed by atoms with van der Waals surface area (Å²) in [6, 6.07) is 7.86. The lowest BCUT2D eigenvalue weighted by molar-refractivity contribution is 0.221. The predicted octanol–water partition coefficient (Wildman–Crippen LogP) is 1.89. The molecule has 0 aliphatic carbocycles. The quantitative estimate of drug-likeness (QED) is 0.849. The highest BCUT2D eigenvalue weighted by Crippen LogP contribution is 2.17. The molecule has 0 spiro atoms. The van der Waals surface area contributed by atoms with Crippen molar-refractivity contribution in [1.82, 2.24) is 4.90 Å². The first-order valence-corrected chi connectivity index (χ1v) is 7.98. The van der Waals surface area contributed by atoms with Crippen molar-refractivity contribution in [1.29, 1.82) is 0 Å². The van der Waals surface area contributed by atoms with Crippen LogP contribution in [0.4, 0.5) is 0 Å². The molecule has 0 bridgehead atoms. The second-order valence-corrected chi connectivity index (χ2v) is 6.61. The van der Waals surface area contributed by atoms with Gasteiger partial charge in [0, 0.05) is 46.4 Å². The standard InChI is InChI=1S/C12H16BrNO2S/c13-11-2-1-3-12(10-11)16-7-4-14-5-8-17(15)9-6-14/h1-3,10H,4-9H2. The van der Waals surface area contributed by atoms with Gasteiger partial charge in [-0.3, -0.25) is 9.11 Å². The fraction of sp³-hybridized carbons (Fsp3) is 0.500. The van der Waals surface area contributed by atoms with Gasteiger partial charge in [0.2, 0.25) is 0 Å². The van der Waals surface area contributed by atoms with Crippen LogP contribution in [0.25, 0.3) is 0 Å². The zero-order valence-electron chi connectivity index (χ0n) is 9.60. The Morgan fingerprint density at radius 1 is 1.35 bits per heavy atom. The molecular weight excluding hydrogens is 302 g/mol. The molecule has 1 aliphatic heterocycles. The summed E-state index contributed by atoms with van der Waals surface area (Å²) in [6.45, 7) is 3.44. The van der Waals surface area contributed by atoms with Gasteiger partial charge in [-0.15, -0.1) is 0 Å². The normalized spacial score (nSPS) is 18.2. The van der Waals surface area contributed by atoms with Crippen molar-refractivity contribution in [3.63, 3.8) is 0 Å². The fourth-order valence-corrected chi connectivity index (χ4v) is 3.25. The molecule has 0 amide bonds. The van der Waals surface area contributed by atoms with Gasteiger partial charge < -0.3 is 4.74 Å². The second kappa shape index (κ2) is 6.52. The number of hydrogen-bond acceptors (Lipinski definition) is 3. The van der Waals surface area contributed by atoms with E-state index in [0.29, 0.717) is 6.61 Å². The van der Waals surface area contributed by atoms with Crippen LogP contribution in [0.2, 0.25) is 0 Å². The lowest BCUT2D eigenvalue weighted by Gasteiger charge is -2.25. The van der Waals surface area contributed by atoms with Crippen LogP contribution in [0, 0.1) is 0 Å². The Balaban J connectivity index is 1.71. The number of rotatable bonds is 4. The topological polar surface area (TPSA) is 29.5 Å². The molecule has 1 aromatic carbocycles. The number of ether oxygens (including phenoxy) is 1. The summed E-state index contributed by atoms with van der Waals surface area (Å²) in [5, 5.41) is 0. The molecule has 0 saturated carbocycles. The first-order valence-electron chi connectivity index (χ1n) is 5.70. The molecule has 94 valence electrons. The lowest BCUT2D eigenvalue weighted by Crippen LogP contribution is -2.39. The molecule has 1 fully saturated rings. The van der Waals surface area contributed by atoms with Gasteiger partial charge in [0.25, 0.3) is 0 Å². The Hall–Kier alpha value is -0.390. The minimum atomic E-state index is -0.594. The van der Waals surface area contributed by atoms with E-state index >= 15 is 0 Å². The highest BCUT2D eigenvalue weighted by atomic mass is 79.9. The van der Waals surface area contributed by atoms with E-state index < -0.39 is 10.8 Å². The molecule has 5 heteroatoms. The third kappa shape index (κ3) is 4.41. The molecule has 0 atom stereocenters.